The number of epoxide rings is 2. The molecule has 0 amide bonds. The molecule has 6 atom stereocenters. The minimum Gasteiger partial charge on any atom is -0.366 e. The first-order chi connectivity index (χ1) is 10.1. The molecule has 2 rings (SSSR count). The molecular weight excluding hydrogens is 270 g/mol. The van der Waals surface area contributed by atoms with Crippen LogP contribution in [-0.2, 0) is 14.2 Å². The van der Waals surface area contributed by atoms with Gasteiger partial charge in [0.1, 0.15) is 12.2 Å². The Kier molecular flexibility index (Phi) is 6.89. The van der Waals surface area contributed by atoms with Crippen LogP contribution in [0.1, 0.15) is 65.2 Å². The van der Waals surface area contributed by atoms with Crippen molar-refractivity contribution < 1.29 is 19.3 Å². The number of aliphatic hydroxyl groups excluding tert-OH is 1. The van der Waals surface area contributed by atoms with E-state index in [4.69, 9.17) is 25.1 Å². The Labute approximate surface area is 128 Å². The van der Waals surface area contributed by atoms with Gasteiger partial charge in [-0.05, 0) is 26.2 Å². The number of unbranched alkanes of at least 4 members (excludes halogenated alkanes) is 4. The summed E-state index contributed by atoms with van der Waals surface area (Å²) in [4.78, 5) is 0. The Morgan fingerprint density at radius 2 is 1.86 bits per heavy atom. The highest BCUT2D eigenvalue weighted by Gasteiger charge is 2.45. The van der Waals surface area contributed by atoms with Crippen LogP contribution in [0.15, 0.2) is 0 Å². The van der Waals surface area contributed by atoms with E-state index in [0.717, 1.165) is 19.3 Å². The van der Waals surface area contributed by atoms with Crippen molar-refractivity contribution in [3.8, 4) is 0 Å². The van der Waals surface area contributed by atoms with Crippen molar-refractivity contribution >= 4 is 0 Å². The van der Waals surface area contributed by atoms with Crippen molar-refractivity contribution in [2.75, 3.05) is 0 Å². The van der Waals surface area contributed by atoms with Crippen molar-refractivity contribution in [3.63, 3.8) is 0 Å². The molecule has 0 aliphatic carbocycles. The summed E-state index contributed by atoms with van der Waals surface area (Å²) in [6.07, 6.45) is 8.85. The molecule has 5 heteroatoms. The normalized spacial score (nSPS) is 33.7. The zero-order valence-electron chi connectivity index (χ0n) is 13.4. The summed E-state index contributed by atoms with van der Waals surface area (Å²) in [7, 11) is 0. The lowest BCUT2D eigenvalue weighted by molar-refractivity contribution is -0.00650. The highest BCUT2D eigenvalue weighted by Crippen LogP contribution is 2.32. The van der Waals surface area contributed by atoms with Crippen molar-refractivity contribution in [1.82, 2.24) is 0 Å². The highest BCUT2D eigenvalue weighted by atomic mass is 16.8. The number of ether oxygens (including phenoxy) is 3. The second-order valence-corrected chi connectivity index (χ2v) is 6.42. The van der Waals surface area contributed by atoms with E-state index in [-0.39, 0.29) is 30.6 Å². The van der Waals surface area contributed by atoms with E-state index in [1.54, 1.807) is 0 Å². The van der Waals surface area contributed by atoms with Gasteiger partial charge in [-0.2, -0.15) is 0 Å². The van der Waals surface area contributed by atoms with Gasteiger partial charge in [0.25, 0.3) is 0 Å². The predicted molar refractivity (Wildman–Crippen MR) is 80.7 cm³/mol. The van der Waals surface area contributed by atoms with Crippen LogP contribution in [0.3, 0.4) is 0 Å². The fourth-order valence-corrected chi connectivity index (χ4v) is 2.73. The highest BCUT2D eigenvalue weighted by molar-refractivity contribution is 4.88. The maximum atomic E-state index is 9.13. The van der Waals surface area contributed by atoms with Gasteiger partial charge >= 0.3 is 0 Å². The lowest BCUT2D eigenvalue weighted by Crippen LogP contribution is -2.28. The minimum atomic E-state index is -0.653. The van der Waals surface area contributed by atoms with E-state index < -0.39 is 6.29 Å². The fraction of sp³-hybridized carbons (Fsp3) is 1.00. The molecule has 21 heavy (non-hydrogen) atoms. The van der Waals surface area contributed by atoms with Gasteiger partial charge in [0.2, 0.25) is 0 Å². The fourth-order valence-electron chi connectivity index (χ4n) is 2.73. The average molecular weight is 301 g/mol. The van der Waals surface area contributed by atoms with Gasteiger partial charge in [-0.15, -0.1) is 0 Å². The topological polar surface area (TPSA) is 80.5 Å². The molecule has 2 saturated heterocycles. The maximum Gasteiger partial charge on any atom is 0.184 e. The van der Waals surface area contributed by atoms with Crippen LogP contribution in [0.5, 0.6) is 0 Å². The molecule has 2 aliphatic rings. The molecule has 0 radical (unpaired) electrons. The van der Waals surface area contributed by atoms with Crippen LogP contribution in [-0.4, -0.2) is 42.0 Å². The minimum absolute atomic E-state index is 0.0483. The van der Waals surface area contributed by atoms with E-state index in [0.29, 0.717) is 0 Å². The monoisotopic (exact) mass is 301 g/mol. The Hall–Kier alpha value is -0.200. The summed E-state index contributed by atoms with van der Waals surface area (Å²) in [5, 5.41) is 9.13. The van der Waals surface area contributed by atoms with E-state index >= 15 is 0 Å². The van der Waals surface area contributed by atoms with Gasteiger partial charge < -0.3 is 25.1 Å². The molecule has 0 bridgehead atoms. The summed E-state index contributed by atoms with van der Waals surface area (Å²) in [6.45, 7) is 4.36. The van der Waals surface area contributed by atoms with Crippen LogP contribution in [0, 0.1) is 0 Å². The first-order valence-corrected chi connectivity index (χ1v) is 8.51. The third-order valence-electron chi connectivity index (χ3n) is 4.32. The lowest BCUT2D eigenvalue weighted by Gasteiger charge is -2.11. The number of rotatable bonds is 12. The SMILES string of the molecule is CCCCCCCC(C)OC1OC1CCC(N)C1OC1O. The lowest BCUT2D eigenvalue weighted by atomic mass is 10.1. The van der Waals surface area contributed by atoms with Crippen LogP contribution in [0.2, 0.25) is 0 Å². The molecule has 0 spiro atoms. The number of hydrogen-bond donors (Lipinski definition) is 2. The summed E-state index contributed by atoms with van der Waals surface area (Å²) in [5.74, 6) is 0. The van der Waals surface area contributed by atoms with Gasteiger partial charge in [0, 0.05) is 6.04 Å². The first-order valence-electron chi connectivity index (χ1n) is 8.51. The van der Waals surface area contributed by atoms with E-state index in [2.05, 4.69) is 13.8 Å². The number of hydrogen-bond acceptors (Lipinski definition) is 5. The summed E-state index contributed by atoms with van der Waals surface area (Å²) < 4.78 is 16.3. The molecule has 3 N–H and O–H groups in total. The molecule has 6 unspecified atom stereocenters. The van der Waals surface area contributed by atoms with Crippen molar-refractivity contribution in [3.05, 3.63) is 0 Å². The second kappa shape index (κ2) is 8.44. The molecule has 2 heterocycles. The molecular formula is C16H31NO4. The summed E-state index contributed by atoms with van der Waals surface area (Å²) in [5.41, 5.74) is 5.92. The van der Waals surface area contributed by atoms with Gasteiger partial charge in [0.05, 0.1) is 6.10 Å². The van der Waals surface area contributed by atoms with Crippen molar-refractivity contribution in [2.45, 2.75) is 102 Å². The van der Waals surface area contributed by atoms with Gasteiger partial charge in [-0.1, -0.05) is 39.0 Å². The third kappa shape index (κ3) is 6.20. The molecule has 0 aromatic heterocycles. The van der Waals surface area contributed by atoms with E-state index in [1.807, 2.05) is 0 Å². The number of aliphatic hydroxyl groups is 1. The number of nitrogens with two attached hydrogens (primary N) is 1. The van der Waals surface area contributed by atoms with Crippen LogP contribution in [0.25, 0.3) is 0 Å². The molecule has 124 valence electrons. The first kappa shape index (κ1) is 17.2. The Morgan fingerprint density at radius 3 is 2.52 bits per heavy atom. The summed E-state index contributed by atoms with van der Waals surface area (Å²) >= 11 is 0. The van der Waals surface area contributed by atoms with E-state index in [1.165, 1.54) is 32.1 Å². The molecule has 0 aromatic carbocycles. The Bertz CT molecular complexity index is 302. The molecule has 5 nitrogen and oxygen atoms in total. The molecule has 0 saturated carbocycles. The Morgan fingerprint density at radius 1 is 1.14 bits per heavy atom. The average Bonchev–Trinajstić information content (AvgIpc) is 3.35. The smallest absolute Gasteiger partial charge is 0.184 e. The van der Waals surface area contributed by atoms with Crippen LogP contribution in [0.4, 0.5) is 0 Å². The standard InChI is InChI=1S/C16H31NO4/c1-3-4-5-6-7-8-11(2)19-16-13(20-16)10-9-12(17)14-15(18)21-14/h11-16,18H,3-10,17H2,1-2H3. The maximum absolute atomic E-state index is 9.13. The van der Waals surface area contributed by atoms with Crippen molar-refractivity contribution in [2.24, 2.45) is 5.73 Å². The van der Waals surface area contributed by atoms with Gasteiger partial charge in [-0.25, -0.2) is 0 Å². The van der Waals surface area contributed by atoms with Crippen LogP contribution < -0.4 is 5.73 Å². The quantitative estimate of drug-likeness (QED) is 0.427. The zero-order valence-corrected chi connectivity index (χ0v) is 13.4. The predicted octanol–water partition coefficient (Wildman–Crippen LogP) is 2.30. The molecule has 2 aliphatic heterocycles. The second-order valence-electron chi connectivity index (χ2n) is 6.42. The third-order valence-corrected chi connectivity index (χ3v) is 4.32. The summed E-state index contributed by atoms with van der Waals surface area (Å²) in [6, 6.07) is -0.0964. The van der Waals surface area contributed by atoms with E-state index in [9.17, 15) is 0 Å². The molecule has 2 fully saturated rings. The van der Waals surface area contributed by atoms with Crippen LogP contribution >= 0.6 is 0 Å². The van der Waals surface area contributed by atoms with Gasteiger partial charge in [0.15, 0.2) is 12.6 Å². The molecule has 0 aromatic rings. The Balaban J connectivity index is 1.45. The van der Waals surface area contributed by atoms with Gasteiger partial charge in [-0.3, -0.25) is 0 Å². The van der Waals surface area contributed by atoms with Crippen molar-refractivity contribution in [1.29, 1.82) is 0 Å². The zero-order chi connectivity index (χ0) is 15.2. The largest absolute Gasteiger partial charge is 0.366 e.